The highest BCUT2D eigenvalue weighted by atomic mass is 16.4. The van der Waals surface area contributed by atoms with E-state index in [0.29, 0.717) is 11.8 Å². The summed E-state index contributed by atoms with van der Waals surface area (Å²) in [5, 5.41) is 0. The molecule has 0 aliphatic rings. The summed E-state index contributed by atoms with van der Waals surface area (Å²) in [5.41, 5.74) is 0.165. The molecule has 1 aromatic heterocycles. The highest BCUT2D eigenvalue weighted by molar-refractivity contribution is 5.91. The predicted octanol–water partition coefficient (Wildman–Crippen LogP) is 3.35. The van der Waals surface area contributed by atoms with Gasteiger partial charge in [0.2, 0.25) is 0 Å². The lowest BCUT2D eigenvalue weighted by Crippen LogP contribution is -2.39. The fourth-order valence-electron chi connectivity index (χ4n) is 1.48. The first-order valence-electron chi connectivity index (χ1n) is 5.57. The summed E-state index contributed by atoms with van der Waals surface area (Å²) in [6.07, 6.45) is 0. The molecule has 0 spiro atoms. The van der Waals surface area contributed by atoms with Gasteiger partial charge in [-0.25, -0.2) is 0 Å². The van der Waals surface area contributed by atoms with Crippen LogP contribution in [0.15, 0.2) is 16.5 Å². The maximum Gasteiger partial charge on any atom is 0.196 e. The largest absolute Gasteiger partial charge is 0.437 e. The van der Waals surface area contributed by atoms with Gasteiger partial charge < -0.3 is 9.32 Å². The first kappa shape index (κ1) is 12.8. The molecule has 3 nitrogen and oxygen atoms in total. The average Bonchev–Trinajstić information content (AvgIpc) is 2.62. The Bertz CT molecular complexity index is 374. The molecule has 0 amide bonds. The van der Waals surface area contributed by atoms with Crippen LogP contribution in [0.3, 0.4) is 0 Å². The van der Waals surface area contributed by atoms with Gasteiger partial charge in [-0.1, -0.05) is 20.8 Å². The van der Waals surface area contributed by atoms with E-state index in [-0.39, 0.29) is 11.2 Å². The molecule has 0 N–H and O–H groups in total. The van der Waals surface area contributed by atoms with E-state index in [9.17, 15) is 4.79 Å². The van der Waals surface area contributed by atoms with Crippen LogP contribution in [0.2, 0.25) is 0 Å². The minimum absolute atomic E-state index is 0.0388. The summed E-state index contributed by atoms with van der Waals surface area (Å²) in [7, 11) is 1.98. The molecule has 0 bridgehead atoms. The van der Waals surface area contributed by atoms with Crippen molar-refractivity contribution >= 4 is 11.7 Å². The highest BCUT2D eigenvalue weighted by Crippen LogP contribution is 2.28. The molecule has 16 heavy (non-hydrogen) atoms. The average molecular weight is 223 g/mol. The Labute approximate surface area is 97.4 Å². The van der Waals surface area contributed by atoms with Crippen LogP contribution in [-0.2, 0) is 0 Å². The van der Waals surface area contributed by atoms with Gasteiger partial charge in [0.1, 0.15) is 0 Å². The van der Waals surface area contributed by atoms with E-state index in [0.717, 1.165) is 5.88 Å². The molecule has 1 atom stereocenters. The molecule has 1 heterocycles. The number of hydrogen-bond acceptors (Lipinski definition) is 3. The SMILES string of the molecule is CC(=O)c1ccc(N(C)C(C)C(C)(C)C)o1. The minimum atomic E-state index is -0.0388. The third kappa shape index (κ3) is 2.65. The molecule has 0 aliphatic carbocycles. The van der Waals surface area contributed by atoms with Crippen molar-refractivity contribution in [2.75, 3.05) is 11.9 Å². The molecule has 0 aliphatic heterocycles. The summed E-state index contributed by atoms with van der Waals surface area (Å²) in [4.78, 5) is 13.2. The van der Waals surface area contributed by atoms with Crippen molar-refractivity contribution in [2.45, 2.75) is 40.7 Å². The van der Waals surface area contributed by atoms with Gasteiger partial charge in [0.25, 0.3) is 0 Å². The lowest BCUT2D eigenvalue weighted by Gasteiger charge is -2.35. The molecule has 0 fully saturated rings. The molecular formula is C13H21NO2. The fraction of sp³-hybridized carbons (Fsp3) is 0.615. The van der Waals surface area contributed by atoms with Crippen molar-refractivity contribution in [1.82, 2.24) is 0 Å². The Morgan fingerprint density at radius 2 is 1.94 bits per heavy atom. The van der Waals surface area contributed by atoms with Gasteiger partial charge >= 0.3 is 0 Å². The van der Waals surface area contributed by atoms with Crippen LogP contribution >= 0.6 is 0 Å². The number of carbonyl (C=O) groups excluding carboxylic acids is 1. The number of carbonyl (C=O) groups is 1. The third-order valence-electron chi connectivity index (χ3n) is 3.12. The van der Waals surface area contributed by atoms with E-state index in [1.165, 1.54) is 6.92 Å². The monoisotopic (exact) mass is 223 g/mol. The second kappa shape index (κ2) is 4.32. The normalized spacial score (nSPS) is 13.6. The van der Waals surface area contributed by atoms with Crippen molar-refractivity contribution in [3.8, 4) is 0 Å². The van der Waals surface area contributed by atoms with Crippen LogP contribution in [-0.4, -0.2) is 18.9 Å². The second-order valence-electron chi connectivity index (χ2n) is 5.35. The van der Waals surface area contributed by atoms with Gasteiger partial charge in [0, 0.05) is 26.1 Å². The number of nitrogens with zero attached hydrogens (tertiary/aromatic N) is 1. The number of anilines is 1. The van der Waals surface area contributed by atoms with Gasteiger partial charge in [-0.2, -0.15) is 0 Å². The maximum absolute atomic E-state index is 11.1. The Balaban J connectivity index is 2.88. The van der Waals surface area contributed by atoms with Crippen LogP contribution < -0.4 is 4.90 Å². The number of Topliss-reactive ketones (excluding diaryl/α,β-unsaturated/α-hetero) is 1. The van der Waals surface area contributed by atoms with E-state index >= 15 is 0 Å². The van der Waals surface area contributed by atoms with Crippen molar-refractivity contribution in [2.24, 2.45) is 5.41 Å². The molecule has 0 aromatic carbocycles. The zero-order chi connectivity index (χ0) is 12.5. The molecule has 1 aromatic rings. The lowest BCUT2D eigenvalue weighted by molar-refractivity contribution is 0.0987. The quantitative estimate of drug-likeness (QED) is 0.737. The number of hydrogen-bond donors (Lipinski definition) is 0. The maximum atomic E-state index is 11.1. The van der Waals surface area contributed by atoms with Crippen molar-refractivity contribution < 1.29 is 9.21 Å². The molecule has 1 rings (SSSR count). The molecule has 1 unspecified atom stereocenters. The summed E-state index contributed by atoms with van der Waals surface area (Å²) in [6, 6.07) is 3.90. The second-order valence-corrected chi connectivity index (χ2v) is 5.35. The Morgan fingerprint density at radius 3 is 2.31 bits per heavy atom. The van der Waals surface area contributed by atoms with Crippen LogP contribution in [0.4, 0.5) is 5.88 Å². The van der Waals surface area contributed by atoms with Gasteiger partial charge in [-0.15, -0.1) is 0 Å². The number of rotatable bonds is 3. The predicted molar refractivity (Wildman–Crippen MR) is 66.0 cm³/mol. The molecule has 0 radical (unpaired) electrons. The standard InChI is InChI=1S/C13H21NO2/c1-9(15)11-7-8-12(16-11)14(6)10(2)13(3,4)5/h7-8,10H,1-6H3. The van der Waals surface area contributed by atoms with E-state index in [2.05, 4.69) is 32.6 Å². The fourth-order valence-corrected chi connectivity index (χ4v) is 1.48. The molecule has 90 valence electrons. The summed E-state index contributed by atoms with van der Waals surface area (Å²) >= 11 is 0. The van der Waals surface area contributed by atoms with Crippen molar-refractivity contribution in [3.63, 3.8) is 0 Å². The van der Waals surface area contributed by atoms with Gasteiger partial charge in [-0.05, 0) is 18.4 Å². The lowest BCUT2D eigenvalue weighted by atomic mass is 9.87. The Morgan fingerprint density at radius 1 is 1.38 bits per heavy atom. The molecule has 0 saturated heterocycles. The van der Waals surface area contributed by atoms with Crippen LogP contribution in [0.25, 0.3) is 0 Å². The molecular weight excluding hydrogens is 202 g/mol. The summed E-state index contributed by atoms with van der Waals surface area (Å²) in [5.74, 6) is 1.12. The van der Waals surface area contributed by atoms with E-state index in [4.69, 9.17) is 4.42 Å². The first-order valence-corrected chi connectivity index (χ1v) is 5.57. The smallest absolute Gasteiger partial charge is 0.196 e. The summed E-state index contributed by atoms with van der Waals surface area (Å²) in [6.45, 7) is 10.2. The van der Waals surface area contributed by atoms with Gasteiger partial charge in [0.05, 0.1) is 0 Å². The van der Waals surface area contributed by atoms with E-state index < -0.39 is 0 Å². The van der Waals surface area contributed by atoms with Crippen molar-refractivity contribution in [1.29, 1.82) is 0 Å². The highest BCUT2D eigenvalue weighted by Gasteiger charge is 2.25. The topological polar surface area (TPSA) is 33.5 Å². The zero-order valence-electron chi connectivity index (χ0n) is 11.0. The number of furan rings is 1. The van der Waals surface area contributed by atoms with Gasteiger partial charge in [0.15, 0.2) is 17.4 Å². The van der Waals surface area contributed by atoms with Gasteiger partial charge in [-0.3, -0.25) is 4.79 Å². The van der Waals surface area contributed by atoms with Crippen LogP contribution in [0.1, 0.15) is 45.2 Å². The Hall–Kier alpha value is -1.25. The summed E-state index contributed by atoms with van der Waals surface area (Å²) < 4.78 is 5.50. The van der Waals surface area contributed by atoms with Crippen molar-refractivity contribution in [3.05, 3.63) is 17.9 Å². The zero-order valence-corrected chi connectivity index (χ0v) is 11.0. The molecule has 3 heteroatoms. The number of ketones is 1. The molecule has 0 saturated carbocycles. The third-order valence-corrected chi connectivity index (χ3v) is 3.12. The Kier molecular flexibility index (Phi) is 3.46. The van der Waals surface area contributed by atoms with E-state index in [1.54, 1.807) is 6.07 Å². The first-order chi connectivity index (χ1) is 7.23. The minimum Gasteiger partial charge on any atom is -0.437 e. The van der Waals surface area contributed by atoms with Crippen LogP contribution in [0.5, 0.6) is 0 Å². The van der Waals surface area contributed by atoms with E-state index in [1.807, 2.05) is 13.1 Å². The van der Waals surface area contributed by atoms with Crippen LogP contribution in [0, 0.1) is 5.41 Å².